The van der Waals surface area contributed by atoms with E-state index in [1.807, 2.05) is 25.1 Å². The fourth-order valence-corrected chi connectivity index (χ4v) is 3.77. The Morgan fingerprint density at radius 3 is 2.57 bits per heavy atom. The number of piperidine rings is 1. The number of aromatic nitrogens is 3. The van der Waals surface area contributed by atoms with Gasteiger partial charge in [-0.3, -0.25) is 0 Å². The van der Waals surface area contributed by atoms with Crippen LogP contribution in [0, 0.1) is 12.8 Å². The summed E-state index contributed by atoms with van der Waals surface area (Å²) in [6.07, 6.45) is 4.99. The Kier molecular flexibility index (Phi) is 5.37. The minimum Gasteiger partial charge on any atom is -0.393 e. The number of nitrogens with two attached hydrogens (primary N) is 1. The summed E-state index contributed by atoms with van der Waals surface area (Å²) in [6.45, 7) is 3.88. The lowest BCUT2D eigenvalue weighted by molar-refractivity contribution is 0.402. The summed E-state index contributed by atoms with van der Waals surface area (Å²) in [5, 5.41) is 3.22. The highest BCUT2D eigenvalue weighted by molar-refractivity contribution is 5.77. The highest BCUT2D eigenvalue weighted by Gasteiger charge is 2.23. The topological polar surface area (TPSA) is 80.0 Å². The van der Waals surface area contributed by atoms with Gasteiger partial charge in [-0.1, -0.05) is 36.4 Å². The highest BCUT2D eigenvalue weighted by atomic mass is 15.2. The van der Waals surface area contributed by atoms with E-state index < -0.39 is 0 Å². The maximum Gasteiger partial charge on any atom is 0.160 e. The molecular formula is C22H26N6. The zero-order valence-electron chi connectivity index (χ0n) is 16.2. The summed E-state index contributed by atoms with van der Waals surface area (Å²) in [5.41, 5.74) is 9.34. The first-order chi connectivity index (χ1) is 13.7. The number of pyridine rings is 1. The third kappa shape index (κ3) is 4.22. The van der Waals surface area contributed by atoms with E-state index in [-0.39, 0.29) is 0 Å². The number of rotatable bonds is 5. The smallest absolute Gasteiger partial charge is 0.160 e. The van der Waals surface area contributed by atoms with Crippen molar-refractivity contribution in [2.24, 2.45) is 5.92 Å². The molecule has 6 nitrogen and oxygen atoms in total. The fourth-order valence-electron chi connectivity index (χ4n) is 3.77. The minimum atomic E-state index is 0.576. The van der Waals surface area contributed by atoms with Crippen molar-refractivity contribution in [2.75, 3.05) is 29.0 Å². The molecule has 0 spiro atoms. The van der Waals surface area contributed by atoms with Gasteiger partial charge in [0, 0.05) is 18.8 Å². The van der Waals surface area contributed by atoms with E-state index >= 15 is 0 Å². The van der Waals surface area contributed by atoms with Gasteiger partial charge in [0.2, 0.25) is 0 Å². The molecule has 1 saturated heterocycles. The molecule has 3 aromatic rings. The van der Waals surface area contributed by atoms with E-state index in [4.69, 9.17) is 5.73 Å². The number of benzene rings is 1. The second-order valence-electron chi connectivity index (χ2n) is 7.37. The van der Waals surface area contributed by atoms with Crippen LogP contribution in [0.15, 0.2) is 54.9 Å². The molecule has 1 aliphatic rings. The lowest BCUT2D eigenvalue weighted by Gasteiger charge is -2.33. The van der Waals surface area contributed by atoms with E-state index in [2.05, 4.69) is 55.5 Å². The molecule has 3 N–H and O–H groups in total. The van der Waals surface area contributed by atoms with Gasteiger partial charge in [-0.2, -0.15) is 0 Å². The summed E-state index contributed by atoms with van der Waals surface area (Å²) in [7, 11) is 0. The molecule has 4 rings (SSSR count). The van der Waals surface area contributed by atoms with Crippen LogP contribution in [0.3, 0.4) is 0 Å². The molecule has 6 heteroatoms. The largest absolute Gasteiger partial charge is 0.393 e. The Labute approximate surface area is 165 Å². The number of anilines is 4. The Balaban J connectivity index is 1.42. The average Bonchev–Trinajstić information content (AvgIpc) is 2.71. The first kappa shape index (κ1) is 18.2. The van der Waals surface area contributed by atoms with Gasteiger partial charge in [-0.05, 0) is 49.8 Å². The number of nitrogens with one attached hydrogen (secondary N) is 1. The molecule has 0 amide bonds. The van der Waals surface area contributed by atoms with Crippen molar-refractivity contribution in [3.05, 3.63) is 66.1 Å². The van der Waals surface area contributed by atoms with Crippen molar-refractivity contribution in [3.63, 3.8) is 0 Å². The summed E-state index contributed by atoms with van der Waals surface area (Å²) in [5.74, 6) is 2.85. The molecule has 0 aliphatic carbocycles. The van der Waals surface area contributed by atoms with E-state index in [0.29, 0.717) is 17.4 Å². The summed E-state index contributed by atoms with van der Waals surface area (Å²) in [4.78, 5) is 15.5. The van der Waals surface area contributed by atoms with Crippen LogP contribution in [0.25, 0.3) is 0 Å². The van der Waals surface area contributed by atoms with E-state index in [1.54, 1.807) is 6.33 Å². The molecule has 1 aromatic carbocycles. The van der Waals surface area contributed by atoms with Gasteiger partial charge in [-0.15, -0.1) is 0 Å². The van der Waals surface area contributed by atoms with Crippen molar-refractivity contribution in [1.82, 2.24) is 15.0 Å². The fraction of sp³-hybridized carbons (Fsp3) is 0.318. The van der Waals surface area contributed by atoms with Crippen LogP contribution in [0.1, 0.15) is 24.1 Å². The van der Waals surface area contributed by atoms with Crippen LogP contribution in [0.2, 0.25) is 0 Å². The predicted octanol–water partition coefficient (Wildman–Crippen LogP) is 3.96. The van der Waals surface area contributed by atoms with Gasteiger partial charge >= 0.3 is 0 Å². The Hall–Kier alpha value is -3.15. The molecule has 0 bridgehead atoms. The van der Waals surface area contributed by atoms with Gasteiger partial charge in [-0.25, -0.2) is 15.0 Å². The highest BCUT2D eigenvalue weighted by Crippen LogP contribution is 2.31. The Morgan fingerprint density at radius 2 is 1.82 bits per heavy atom. The van der Waals surface area contributed by atoms with Crippen molar-refractivity contribution in [2.45, 2.75) is 26.2 Å². The van der Waals surface area contributed by atoms with E-state index in [0.717, 1.165) is 49.7 Å². The Morgan fingerprint density at radius 1 is 1.04 bits per heavy atom. The molecule has 0 atom stereocenters. The monoisotopic (exact) mass is 374 g/mol. The summed E-state index contributed by atoms with van der Waals surface area (Å²) in [6, 6.07) is 16.6. The molecule has 0 saturated carbocycles. The minimum absolute atomic E-state index is 0.576. The molecule has 144 valence electrons. The van der Waals surface area contributed by atoms with Crippen LogP contribution >= 0.6 is 0 Å². The van der Waals surface area contributed by atoms with Gasteiger partial charge in [0.05, 0.1) is 0 Å². The maximum absolute atomic E-state index is 6.40. The van der Waals surface area contributed by atoms with Crippen molar-refractivity contribution >= 4 is 23.1 Å². The summed E-state index contributed by atoms with van der Waals surface area (Å²) >= 11 is 0. The number of hydrogen-bond acceptors (Lipinski definition) is 6. The maximum atomic E-state index is 6.40. The van der Waals surface area contributed by atoms with Gasteiger partial charge in [0.1, 0.15) is 17.8 Å². The lowest BCUT2D eigenvalue weighted by Crippen LogP contribution is -2.35. The van der Waals surface area contributed by atoms with Crippen LogP contribution in [0.4, 0.5) is 23.1 Å². The Bertz CT molecular complexity index is 919. The molecule has 1 aliphatic heterocycles. The third-order valence-electron chi connectivity index (χ3n) is 5.28. The number of nitrogens with zero attached hydrogens (tertiary/aromatic N) is 4. The average molecular weight is 374 g/mol. The second-order valence-corrected chi connectivity index (χ2v) is 7.37. The second kappa shape index (κ2) is 8.25. The van der Waals surface area contributed by atoms with Crippen LogP contribution in [-0.2, 0) is 6.42 Å². The molecule has 0 unspecified atom stereocenters. The van der Waals surface area contributed by atoms with E-state index in [9.17, 15) is 0 Å². The molecule has 2 aromatic heterocycles. The normalized spacial score (nSPS) is 14.8. The van der Waals surface area contributed by atoms with Crippen LogP contribution in [0.5, 0.6) is 0 Å². The first-order valence-corrected chi connectivity index (χ1v) is 9.79. The SMILES string of the molecule is Cc1cccc(Nc2ncnc(N3CCC(Cc4ccccc4)CC3)c2N)n1. The van der Waals surface area contributed by atoms with Crippen molar-refractivity contribution in [3.8, 4) is 0 Å². The van der Waals surface area contributed by atoms with Crippen LogP contribution in [-0.4, -0.2) is 28.0 Å². The van der Waals surface area contributed by atoms with Gasteiger partial charge in [0.15, 0.2) is 11.6 Å². The number of nitrogen functional groups attached to an aromatic ring is 1. The molecule has 3 heterocycles. The van der Waals surface area contributed by atoms with Crippen molar-refractivity contribution < 1.29 is 0 Å². The zero-order chi connectivity index (χ0) is 19.3. The molecular weight excluding hydrogens is 348 g/mol. The predicted molar refractivity (Wildman–Crippen MR) is 114 cm³/mol. The third-order valence-corrected chi connectivity index (χ3v) is 5.28. The quantitative estimate of drug-likeness (QED) is 0.703. The van der Waals surface area contributed by atoms with Crippen molar-refractivity contribution in [1.29, 1.82) is 0 Å². The molecule has 0 radical (unpaired) electrons. The first-order valence-electron chi connectivity index (χ1n) is 9.79. The summed E-state index contributed by atoms with van der Waals surface area (Å²) < 4.78 is 0. The van der Waals surface area contributed by atoms with Crippen LogP contribution < -0.4 is 16.0 Å². The lowest BCUT2D eigenvalue weighted by atomic mass is 9.90. The van der Waals surface area contributed by atoms with E-state index in [1.165, 1.54) is 5.56 Å². The zero-order valence-corrected chi connectivity index (χ0v) is 16.2. The standard InChI is InChI=1S/C22H26N6/c1-16-6-5-9-19(26-16)27-21-20(23)22(25-15-24-21)28-12-10-18(11-13-28)14-17-7-3-2-4-8-17/h2-9,15,18H,10-14,23H2,1H3,(H,24,25,26,27). The molecule has 1 fully saturated rings. The number of hydrogen-bond donors (Lipinski definition) is 2. The molecule has 28 heavy (non-hydrogen) atoms. The van der Waals surface area contributed by atoms with Gasteiger partial charge in [0.25, 0.3) is 0 Å². The number of aryl methyl sites for hydroxylation is 1. The van der Waals surface area contributed by atoms with Gasteiger partial charge < -0.3 is 16.0 Å².